The van der Waals surface area contributed by atoms with Gasteiger partial charge in [0.25, 0.3) is 8.32 Å². The Balaban J connectivity index is 2.19. The molecule has 0 fully saturated rings. The number of aliphatic hydroxyl groups is 1. The van der Waals surface area contributed by atoms with Gasteiger partial charge in [-0.1, -0.05) is 81.4 Å². The first-order chi connectivity index (χ1) is 14.9. The lowest BCUT2D eigenvalue weighted by Crippen LogP contribution is -2.66. The maximum atomic E-state index is 12.0. The van der Waals surface area contributed by atoms with E-state index < -0.39 is 32.2 Å². The highest BCUT2D eigenvalue weighted by Crippen LogP contribution is 2.36. The minimum atomic E-state index is -2.64. The van der Waals surface area contributed by atoms with Crippen LogP contribution in [0.2, 0.25) is 5.04 Å². The van der Waals surface area contributed by atoms with Gasteiger partial charge in [-0.05, 0) is 49.5 Å². The van der Waals surface area contributed by atoms with Crippen LogP contribution >= 0.6 is 0 Å². The molecule has 176 valence electrons. The minimum Gasteiger partial charge on any atom is -0.444 e. The molecule has 0 aliphatic heterocycles. The van der Waals surface area contributed by atoms with Crippen molar-refractivity contribution in [2.75, 3.05) is 6.61 Å². The second kappa shape index (κ2) is 10.6. The van der Waals surface area contributed by atoms with Gasteiger partial charge >= 0.3 is 6.09 Å². The van der Waals surface area contributed by atoms with Gasteiger partial charge < -0.3 is 19.6 Å². The Morgan fingerprint density at radius 2 is 1.41 bits per heavy atom. The average molecular weight is 458 g/mol. The van der Waals surface area contributed by atoms with Crippen LogP contribution in [0.25, 0.3) is 0 Å². The average Bonchev–Trinajstić information content (AvgIpc) is 2.70. The third-order valence-corrected chi connectivity index (χ3v) is 10.5. The number of carbonyl (C=O) groups excluding carboxylic acids is 1. The molecule has 0 heterocycles. The number of benzene rings is 2. The molecular formula is C26H39NO4Si. The molecule has 0 bridgehead atoms. The molecule has 32 heavy (non-hydrogen) atoms. The first kappa shape index (κ1) is 26.1. The Kier molecular flexibility index (Phi) is 8.68. The first-order valence-corrected chi connectivity index (χ1v) is 13.2. The second-order valence-corrected chi connectivity index (χ2v) is 14.6. The van der Waals surface area contributed by atoms with Gasteiger partial charge in [0.15, 0.2) is 0 Å². The van der Waals surface area contributed by atoms with E-state index in [0.717, 1.165) is 0 Å². The molecule has 0 saturated heterocycles. The van der Waals surface area contributed by atoms with Gasteiger partial charge in [-0.3, -0.25) is 0 Å². The molecule has 0 spiro atoms. The van der Waals surface area contributed by atoms with Gasteiger partial charge in [0, 0.05) is 6.61 Å². The third-order valence-electron chi connectivity index (χ3n) is 5.47. The number of aliphatic hydroxyl groups excluding tert-OH is 1. The largest absolute Gasteiger partial charge is 0.444 e. The summed E-state index contributed by atoms with van der Waals surface area (Å²) in [5.41, 5.74) is -0.582. The van der Waals surface area contributed by atoms with Gasteiger partial charge in [-0.25, -0.2) is 4.79 Å². The van der Waals surface area contributed by atoms with Crippen molar-refractivity contribution in [2.24, 2.45) is 0 Å². The number of alkyl carbamates (subject to hydrolysis) is 1. The van der Waals surface area contributed by atoms with Gasteiger partial charge in [-0.15, -0.1) is 0 Å². The zero-order chi connectivity index (χ0) is 24.0. The van der Waals surface area contributed by atoms with Crippen LogP contribution in [-0.4, -0.2) is 43.9 Å². The number of ether oxygens (including phenoxy) is 1. The molecule has 2 N–H and O–H groups in total. The number of amides is 1. The van der Waals surface area contributed by atoms with Crippen molar-refractivity contribution in [3.8, 4) is 0 Å². The number of hydrogen-bond acceptors (Lipinski definition) is 4. The Hall–Kier alpha value is -2.15. The monoisotopic (exact) mass is 457 g/mol. The summed E-state index contributed by atoms with van der Waals surface area (Å²) in [5, 5.41) is 15.7. The van der Waals surface area contributed by atoms with Crippen molar-refractivity contribution in [1.82, 2.24) is 5.32 Å². The van der Waals surface area contributed by atoms with Crippen molar-refractivity contribution in [3.63, 3.8) is 0 Å². The molecule has 1 amide bonds. The van der Waals surface area contributed by atoms with Crippen LogP contribution in [0.3, 0.4) is 0 Å². The zero-order valence-electron chi connectivity index (χ0n) is 20.5. The third kappa shape index (κ3) is 6.67. The summed E-state index contributed by atoms with van der Waals surface area (Å²) in [4.78, 5) is 12.0. The predicted octanol–water partition coefficient (Wildman–Crippen LogP) is 4.23. The molecule has 0 radical (unpaired) electrons. The fourth-order valence-electron chi connectivity index (χ4n) is 3.93. The molecule has 0 aliphatic rings. The summed E-state index contributed by atoms with van der Waals surface area (Å²) in [5.74, 6) is 0. The maximum absolute atomic E-state index is 12.0. The van der Waals surface area contributed by atoms with Crippen LogP contribution in [0.4, 0.5) is 4.79 Å². The Bertz CT molecular complexity index is 804. The highest BCUT2D eigenvalue weighted by molar-refractivity contribution is 6.99. The summed E-state index contributed by atoms with van der Waals surface area (Å²) in [6.45, 7) is 14.3. The maximum Gasteiger partial charge on any atom is 0.407 e. The molecule has 6 heteroatoms. The molecule has 2 aromatic carbocycles. The van der Waals surface area contributed by atoms with Crippen LogP contribution in [0.1, 0.15) is 54.9 Å². The lowest BCUT2D eigenvalue weighted by Gasteiger charge is -2.43. The fraction of sp³-hybridized carbons (Fsp3) is 0.500. The van der Waals surface area contributed by atoms with Crippen molar-refractivity contribution in [3.05, 3.63) is 60.7 Å². The molecular weight excluding hydrogens is 418 g/mol. The molecule has 0 unspecified atom stereocenters. The summed E-state index contributed by atoms with van der Waals surface area (Å²) in [6.07, 6.45) is -0.876. The van der Waals surface area contributed by atoms with E-state index in [0.29, 0.717) is 13.0 Å². The van der Waals surface area contributed by atoms with Crippen molar-refractivity contribution in [2.45, 2.75) is 77.7 Å². The van der Waals surface area contributed by atoms with E-state index in [1.165, 1.54) is 10.4 Å². The highest BCUT2D eigenvalue weighted by atomic mass is 28.4. The van der Waals surface area contributed by atoms with Crippen molar-refractivity contribution < 1.29 is 19.1 Å². The predicted molar refractivity (Wildman–Crippen MR) is 133 cm³/mol. The zero-order valence-corrected chi connectivity index (χ0v) is 21.5. The van der Waals surface area contributed by atoms with E-state index in [-0.39, 0.29) is 5.04 Å². The molecule has 0 aromatic heterocycles. The lowest BCUT2D eigenvalue weighted by molar-refractivity contribution is 0.0412. The quantitative estimate of drug-likeness (QED) is 0.582. The Morgan fingerprint density at radius 3 is 1.81 bits per heavy atom. The lowest BCUT2D eigenvalue weighted by atomic mass is 10.1. The van der Waals surface area contributed by atoms with Crippen molar-refractivity contribution in [1.29, 1.82) is 0 Å². The molecule has 2 aromatic rings. The molecule has 0 aliphatic carbocycles. The molecule has 5 nitrogen and oxygen atoms in total. The SMILES string of the molecule is C[C@H](NC(=O)OC(C)(C)C)[C@@H](O)CCO[Si](c1ccccc1)(c1ccccc1)C(C)(C)C. The molecule has 0 saturated carbocycles. The standard InChI is InChI=1S/C26H39NO4Si/c1-20(27-24(29)31-25(2,3)4)23(28)18-19-30-32(26(5,6)7,21-14-10-8-11-15-21)22-16-12-9-13-17-22/h8-17,20,23,28H,18-19H2,1-7H3,(H,27,29)/t20-,23-/m0/s1. The smallest absolute Gasteiger partial charge is 0.407 e. The molecule has 2 atom stereocenters. The molecule has 2 rings (SSSR count). The van der Waals surface area contributed by atoms with E-state index >= 15 is 0 Å². The van der Waals surface area contributed by atoms with Gasteiger partial charge in [0.2, 0.25) is 0 Å². The summed E-state index contributed by atoms with van der Waals surface area (Å²) in [6, 6.07) is 20.4. The van der Waals surface area contributed by atoms with Crippen LogP contribution < -0.4 is 15.7 Å². The van der Waals surface area contributed by atoms with Gasteiger partial charge in [0.1, 0.15) is 5.60 Å². The van der Waals surface area contributed by atoms with Crippen LogP contribution in [0.5, 0.6) is 0 Å². The second-order valence-electron chi connectivity index (χ2n) is 10.3. The van der Waals surface area contributed by atoms with E-state index in [4.69, 9.17) is 9.16 Å². The summed E-state index contributed by atoms with van der Waals surface area (Å²) >= 11 is 0. The van der Waals surface area contributed by atoms with Crippen molar-refractivity contribution >= 4 is 24.8 Å². The highest BCUT2D eigenvalue weighted by Gasteiger charge is 2.50. The number of carbonyl (C=O) groups is 1. The number of nitrogens with one attached hydrogen (secondary N) is 1. The normalized spacial score (nSPS) is 14.5. The summed E-state index contributed by atoms with van der Waals surface area (Å²) < 4.78 is 12.1. The fourth-order valence-corrected chi connectivity index (χ4v) is 8.51. The van der Waals surface area contributed by atoms with Crippen LogP contribution in [0.15, 0.2) is 60.7 Å². The van der Waals surface area contributed by atoms with E-state index in [2.05, 4.69) is 74.6 Å². The topological polar surface area (TPSA) is 67.8 Å². The van der Waals surface area contributed by atoms with E-state index in [9.17, 15) is 9.90 Å². The number of hydrogen-bond donors (Lipinski definition) is 2. The van der Waals surface area contributed by atoms with Gasteiger partial charge in [-0.2, -0.15) is 0 Å². The Labute approximate surface area is 194 Å². The van der Waals surface area contributed by atoms with Crippen LogP contribution in [-0.2, 0) is 9.16 Å². The number of rotatable bonds is 8. The summed E-state index contributed by atoms with van der Waals surface area (Å²) in [7, 11) is -2.64. The van der Waals surface area contributed by atoms with E-state index in [1.54, 1.807) is 6.92 Å². The minimum absolute atomic E-state index is 0.124. The van der Waals surface area contributed by atoms with Crippen LogP contribution in [0, 0.1) is 0 Å². The first-order valence-electron chi connectivity index (χ1n) is 11.3. The van der Waals surface area contributed by atoms with Gasteiger partial charge in [0.05, 0.1) is 12.1 Å². The van der Waals surface area contributed by atoms with E-state index in [1.807, 2.05) is 32.9 Å². The Morgan fingerprint density at radius 1 is 0.938 bits per heavy atom.